The minimum absolute atomic E-state index is 0.0303. The van der Waals surface area contributed by atoms with Gasteiger partial charge in [-0.15, -0.1) is 0 Å². The topological polar surface area (TPSA) is 102 Å². The van der Waals surface area contributed by atoms with Crippen molar-refractivity contribution in [2.45, 2.75) is 18.2 Å². The summed E-state index contributed by atoms with van der Waals surface area (Å²) >= 11 is 0. The third-order valence-corrected chi connectivity index (χ3v) is 4.23. The van der Waals surface area contributed by atoms with Crippen LogP contribution in [0.1, 0.15) is 13.3 Å². The molecule has 1 aromatic rings. The summed E-state index contributed by atoms with van der Waals surface area (Å²) in [6.07, 6.45) is -0.103. The first-order valence-electron chi connectivity index (χ1n) is 6.23. The van der Waals surface area contributed by atoms with E-state index in [2.05, 4.69) is 4.72 Å². The number of rotatable bonds is 8. The van der Waals surface area contributed by atoms with Gasteiger partial charge in [0.15, 0.2) is 11.5 Å². The lowest BCUT2D eigenvalue weighted by atomic mass is 10.1. The van der Waals surface area contributed by atoms with Gasteiger partial charge in [-0.3, -0.25) is 4.79 Å². The number of hydrogen-bond donors (Lipinski definition) is 2. The van der Waals surface area contributed by atoms with Crippen LogP contribution in [-0.2, 0) is 14.8 Å². The van der Waals surface area contributed by atoms with Crippen LogP contribution in [0.4, 0.5) is 0 Å². The van der Waals surface area contributed by atoms with Gasteiger partial charge in [0, 0.05) is 19.0 Å². The van der Waals surface area contributed by atoms with Gasteiger partial charge in [-0.1, -0.05) is 6.92 Å². The van der Waals surface area contributed by atoms with Crippen molar-refractivity contribution in [2.75, 3.05) is 20.8 Å². The zero-order valence-electron chi connectivity index (χ0n) is 12.1. The number of carboxylic acids is 1. The van der Waals surface area contributed by atoms with Gasteiger partial charge in [-0.2, -0.15) is 0 Å². The molecule has 0 aliphatic heterocycles. The van der Waals surface area contributed by atoms with E-state index in [0.29, 0.717) is 11.5 Å². The molecular formula is C13H19NO6S. The van der Waals surface area contributed by atoms with Gasteiger partial charge < -0.3 is 14.6 Å². The Bertz CT molecular complexity index is 599. The van der Waals surface area contributed by atoms with Crippen LogP contribution in [0.25, 0.3) is 0 Å². The first kappa shape index (κ1) is 17.3. The van der Waals surface area contributed by atoms with Crippen LogP contribution in [-0.4, -0.2) is 40.3 Å². The summed E-state index contributed by atoms with van der Waals surface area (Å²) in [6.45, 7) is 1.70. The van der Waals surface area contributed by atoms with Crippen molar-refractivity contribution in [3.8, 4) is 11.5 Å². The highest BCUT2D eigenvalue weighted by atomic mass is 32.2. The van der Waals surface area contributed by atoms with E-state index < -0.39 is 16.0 Å². The van der Waals surface area contributed by atoms with Crippen molar-refractivity contribution in [3.05, 3.63) is 18.2 Å². The number of sulfonamides is 1. The fourth-order valence-corrected chi connectivity index (χ4v) is 2.87. The molecule has 1 rings (SSSR count). The molecule has 0 fully saturated rings. The van der Waals surface area contributed by atoms with Crippen molar-refractivity contribution < 1.29 is 27.8 Å². The van der Waals surface area contributed by atoms with Crippen LogP contribution in [0.15, 0.2) is 23.1 Å². The molecule has 0 aromatic heterocycles. The predicted molar refractivity (Wildman–Crippen MR) is 76.2 cm³/mol. The van der Waals surface area contributed by atoms with Crippen LogP contribution in [0, 0.1) is 5.92 Å². The van der Waals surface area contributed by atoms with Crippen LogP contribution < -0.4 is 14.2 Å². The van der Waals surface area contributed by atoms with Gasteiger partial charge in [-0.05, 0) is 18.1 Å². The summed E-state index contributed by atoms with van der Waals surface area (Å²) in [7, 11) is -0.858. The molecule has 2 N–H and O–H groups in total. The maximum Gasteiger partial charge on any atom is 0.303 e. The average molecular weight is 317 g/mol. The zero-order chi connectivity index (χ0) is 16.0. The van der Waals surface area contributed by atoms with E-state index in [1.54, 1.807) is 6.92 Å². The van der Waals surface area contributed by atoms with E-state index in [-0.39, 0.29) is 23.8 Å². The van der Waals surface area contributed by atoms with E-state index in [0.717, 1.165) is 0 Å². The van der Waals surface area contributed by atoms with E-state index in [1.807, 2.05) is 0 Å². The van der Waals surface area contributed by atoms with E-state index in [1.165, 1.54) is 32.4 Å². The number of aliphatic carboxylic acids is 1. The molecule has 0 amide bonds. The summed E-state index contributed by atoms with van der Waals surface area (Å²) < 4.78 is 36.7. The number of benzene rings is 1. The van der Waals surface area contributed by atoms with Crippen LogP contribution in [0.3, 0.4) is 0 Å². The zero-order valence-corrected chi connectivity index (χ0v) is 12.9. The lowest BCUT2D eigenvalue weighted by molar-refractivity contribution is -0.137. The quantitative estimate of drug-likeness (QED) is 0.744. The van der Waals surface area contributed by atoms with Crippen molar-refractivity contribution in [3.63, 3.8) is 0 Å². The molecule has 0 heterocycles. The molecule has 1 unspecified atom stereocenters. The smallest absolute Gasteiger partial charge is 0.303 e. The summed E-state index contributed by atoms with van der Waals surface area (Å²) in [5, 5.41) is 8.65. The highest BCUT2D eigenvalue weighted by Gasteiger charge is 2.18. The molecule has 0 bridgehead atoms. The monoisotopic (exact) mass is 317 g/mol. The molecule has 7 nitrogen and oxygen atoms in total. The molecule has 1 aromatic carbocycles. The minimum Gasteiger partial charge on any atom is -0.493 e. The first-order chi connectivity index (χ1) is 9.80. The number of ether oxygens (including phenoxy) is 2. The SMILES string of the molecule is COc1ccc(S(=O)(=O)NCC(C)CC(=O)O)cc1OC. The second-order valence-electron chi connectivity index (χ2n) is 4.57. The maximum absolute atomic E-state index is 12.1. The Morgan fingerprint density at radius 3 is 2.43 bits per heavy atom. The van der Waals surface area contributed by atoms with Crippen LogP contribution >= 0.6 is 0 Å². The van der Waals surface area contributed by atoms with Gasteiger partial charge in [0.05, 0.1) is 19.1 Å². The van der Waals surface area contributed by atoms with Crippen LogP contribution in [0.2, 0.25) is 0 Å². The van der Waals surface area contributed by atoms with Crippen molar-refractivity contribution in [2.24, 2.45) is 5.92 Å². The van der Waals surface area contributed by atoms with Crippen molar-refractivity contribution >= 4 is 16.0 Å². The molecule has 0 radical (unpaired) electrons. The molecule has 8 heteroatoms. The summed E-state index contributed by atoms with van der Waals surface area (Å²) in [5.41, 5.74) is 0. The minimum atomic E-state index is -3.73. The number of nitrogens with one attached hydrogen (secondary N) is 1. The number of hydrogen-bond acceptors (Lipinski definition) is 5. The van der Waals surface area contributed by atoms with E-state index in [4.69, 9.17) is 14.6 Å². The maximum atomic E-state index is 12.1. The first-order valence-corrected chi connectivity index (χ1v) is 7.72. The Morgan fingerprint density at radius 1 is 1.29 bits per heavy atom. The molecule has 0 saturated heterocycles. The highest BCUT2D eigenvalue weighted by molar-refractivity contribution is 7.89. The van der Waals surface area contributed by atoms with E-state index >= 15 is 0 Å². The van der Waals surface area contributed by atoms with Crippen molar-refractivity contribution in [1.82, 2.24) is 4.72 Å². The third-order valence-electron chi connectivity index (χ3n) is 2.81. The summed E-state index contributed by atoms with van der Waals surface area (Å²) in [4.78, 5) is 10.6. The lowest BCUT2D eigenvalue weighted by Gasteiger charge is -2.13. The molecule has 0 aliphatic carbocycles. The van der Waals surface area contributed by atoms with Crippen LogP contribution in [0.5, 0.6) is 11.5 Å². The Morgan fingerprint density at radius 2 is 1.90 bits per heavy atom. The van der Waals surface area contributed by atoms with Gasteiger partial charge in [-0.25, -0.2) is 13.1 Å². The molecule has 0 aliphatic rings. The normalized spacial score (nSPS) is 12.7. The highest BCUT2D eigenvalue weighted by Crippen LogP contribution is 2.29. The number of carboxylic acid groups (broad SMARTS) is 1. The average Bonchev–Trinajstić information content (AvgIpc) is 2.43. The predicted octanol–water partition coefficient (Wildman–Crippen LogP) is 1.09. The van der Waals surface area contributed by atoms with Gasteiger partial charge in [0.1, 0.15) is 0 Å². The van der Waals surface area contributed by atoms with E-state index in [9.17, 15) is 13.2 Å². The summed E-state index contributed by atoms with van der Waals surface area (Å²) in [6, 6.07) is 4.24. The molecular weight excluding hydrogens is 298 g/mol. The molecule has 0 spiro atoms. The molecule has 118 valence electrons. The third kappa shape index (κ3) is 4.91. The second kappa shape index (κ2) is 7.28. The second-order valence-corrected chi connectivity index (χ2v) is 6.34. The van der Waals surface area contributed by atoms with Gasteiger partial charge >= 0.3 is 5.97 Å². The standard InChI is InChI=1S/C13H19NO6S/c1-9(6-13(15)16)8-14-21(17,18)10-4-5-11(19-2)12(7-10)20-3/h4-5,7,9,14H,6,8H2,1-3H3,(H,15,16). The Kier molecular flexibility index (Phi) is 5.98. The Balaban J connectivity index is 2.85. The fraction of sp³-hybridized carbons (Fsp3) is 0.462. The summed E-state index contributed by atoms with van der Waals surface area (Å²) in [5.74, 6) is -0.542. The number of carbonyl (C=O) groups is 1. The largest absolute Gasteiger partial charge is 0.493 e. The lowest BCUT2D eigenvalue weighted by Crippen LogP contribution is -2.29. The Hall–Kier alpha value is -1.80. The van der Waals surface area contributed by atoms with Gasteiger partial charge in [0.25, 0.3) is 0 Å². The molecule has 1 atom stereocenters. The number of methoxy groups -OCH3 is 2. The fourth-order valence-electron chi connectivity index (χ4n) is 1.69. The van der Waals surface area contributed by atoms with Gasteiger partial charge in [0.2, 0.25) is 10.0 Å². The Labute approximate surface area is 123 Å². The molecule has 0 saturated carbocycles. The van der Waals surface area contributed by atoms with Crippen molar-refractivity contribution in [1.29, 1.82) is 0 Å². The molecule has 21 heavy (non-hydrogen) atoms.